The molecule has 24 heavy (non-hydrogen) atoms. The van der Waals surface area contributed by atoms with Crippen LogP contribution in [0, 0.1) is 5.82 Å². The van der Waals surface area contributed by atoms with Crippen LogP contribution in [0.25, 0.3) is 0 Å². The lowest BCUT2D eigenvalue weighted by molar-refractivity contribution is 0.197. The summed E-state index contributed by atoms with van der Waals surface area (Å²) in [5, 5.41) is 3.06. The average Bonchev–Trinajstić information content (AvgIpc) is 3.40. The zero-order valence-electron chi connectivity index (χ0n) is 14.0. The Kier molecular flexibility index (Phi) is 4.84. The highest BCUT2D eigenvalue weighted by molar-refractivity contribution is 5.74. The van der Waals surface area contributed by atoms with Crippen molar-refractivity contribution < 1.29 is 9.18 Å². The van der Waals surface area contributed by atoms with Gasteiger partial charge in [-0.25, -0.2) is 9.18 Å². The van der Waals surface area contributed by atoms with Crippen LogP contribution in [0.15, 0.2) is 54.6 Å². The van der Waals surface area contributed by atoms with E-state index in [1.807, 2.05) is 49.4 Å². The van der Waals surface area contributed by atoms with Gasteiger partial charge >= 0.3 is 6.03 Å². The maximum atomic E-state index is 13.1. The third kappa shape index (κ3) is 3.75. The lowest BCUT2D eigenvalue weighted by atomic mass is 9.96. The number of nitrogens with one attached hydrogen (secondary N) is 1. The number of nitrogens with zero attached hydrogens (tertiary/aromatic N) is 1. The number of carbonyl (C=O) groups excluding carboxylic acids is 1. The second kappa shape index (κ2) is 7.04. The van der Waals surface area contributed by atoms with Crippen molar-refractivity contribution in [3.05, 3.63) is 71.5 Å². The van der Waals surface area contributed by atoms with Gasteiger partial charge in [-0.2, -0.15) is 0 Å². The molecule has 126 valence electrons. The standard InChI is InChI=1S/C20H23FN2O/c1-2-23(14-16-6-4-3-5-7-16)19(24)22-15-20(12-13-20)17-8-10-18(21)11-9-17/h3-11H,2,12-15H2,1H3,(H,22,24). The van der Waals surface area contributed by atoms with Gasteiger partial charge in [0.15, 0.2) is 0 Å². The van der Waals surface area contributed by atoms with Gasteiger partial charge in [0.05, 0.1) is 0 Å². The zero-order valence-corrected chi connectivity index (χ0v) is 14.0. The summed E-state index contributed by atoms with van der Waals surface area (Å²) in [7, 11) is 0. The Hall–Kier alpha value is -2.36. The smallest absolute Gasteiger partial charge is 0.317 e. The Morgan fingerprint density at radius 1 is 1.12 bits per heavy atom. The SMILES string of the molecule is CCN(Cc1ccccc1)C(=O)NCC1(c2ccc(F)cc2)CC1. The summed E-state index contributed by atoms with van der Waals surface area (Å²) < 4.78 is 13.1. The molecule has 4 heteroatoms. The Labute approximate surface area is 142 Å². The minimum Gasteiger partial charge on any atom is -0.337 e. The van der Waals surface area contributed by atoms with E-state index in [2.05, 4.69) is 5.32 Å². The first-order valence-corrected chi connectivity index (χ1v) is 8.46. The van der Waals surface area contributed by atoms with E-state index >= 15 is 0 Å². The minimum atomic E-state index is -0.224. The van der Waals surface area contributed by atoms with Crippen LogP contribution >= 0.6 is 0 Å². The maximum absolute atomic E-state index is 13.1. The lowest BCUT2D eigenvalue weighted by Crippen LogP contribution is -2.42. The third-order valence-electron chi connectivity index (χ3n) is 4.77. The summed E-state index contributed by atoms with van der Waals surface area (Å²) >= 11 is 0. The molecule has 2 aromatic carbocycles. The molecule has 0 bridgehead atoms. The van der Waals surface area contributed by atoms with E-state index in [1.165, 1.54) is 12.1 Å². The van der Waals surface area contributed by atoms with Crippen molar-refractivity contribution in [3.8, 4) is 0 Å². The molecule has 1 aliphatic rings. The van der Waals surface area contributed by atoms with Crippen molar-refractivity contribution in [2.45, 2.75) is 31.7 Å². The Morgan fingerprint density at radius 2 is 1.79 bits per heavy atom. The molecule has 3 rings (SSSR count). The molecule has 3 nitrogen and oxygen atoms in total. The van der Waals surface area contributed by atoms with Crippen LogP contribution in [0.3, 0.4) is 0 Å². The van der Waals surface area contributed by atoms with Crippen molar-refractivity contribution in [3.63, 3.8) is 0 Å². The minimum absolute atomic E-state index is 0.0183. The molecule has 0 aromatic heterocycles. The van der Waals surface area contributed by atoms with Crippen molar-refractivity contribution in [1.29, 1.82) is 0 Å². The predicted molar refractivity (Wildman–Crippen MR) is 93.2 cm³/mol. The maximum Gasteiger partial charge on any atom is 0.317 e. The molecule has 1 saturated carbocycles. The van der Waals surface area contributed by atoms with Gasteiger partial charge in [0.25, 0.3) is 0 Å². The van der Waals surface area contributed by atoms with Crippen LogP contribution in [-0.2, 0) is 12.0 Å². The van der Waals surface area contributed by atoms with Gasteiger partial charge in [-0.1, -0.05) is 42.5 Å². The molecule has 0 spiro atoms. The average molecular weight is 326 g/mol. The van der Waals surface area contributed by atoms with E-state index in [4.69, 9.17) is 0 Å². The molecule has 2 amide bonds. The Balaban J connectivity index is 1.59. The molecule has 1 fully saturated rings. The van der Waals surface area contributed by atoms with E-state index in [0.29, 0.717) is 19.6 Å². The first kappa shape index (κ1) is 16.5. The first-order valence-electron chi connectivity index (χ1n) is 8.46. The summed E-state index contributed by atoms with van der Waals surface area (Å²) in [6.45, 7) is 3.84. The fourth-order valence-electron chi connectivity index (χ4n) is 3.01. The molecule has 0 unspecified atom stereocenters. The molecule has 2 aromatic rings. The van der Waals surface area contributed by atoms with Crippen LogP contribution in [0.5, 0.6) is 0 Å². The fourth-order valence-corrected chi connectivity index (χ4v) is 3.01. The van der Waals surface area contributed by atoms with Crippen molar-refractivity contribution >= 4 is 6.03 Å². The van der Waals surface area contributed by atoms with Crippen molar-refractivity contribution in [2.75, 3.05) is 13.1 Å². The molecular formula is C20H23FN2O. The summed E-state index contributed by atoms with van der Waals surface area (Å²) in [4.78, 5) is 14.3. The van der Waals surface area contributed by atoms with Crippen LogP contribution in [0.2, 0.25) is 0 Å². The Bertz CT molecular complexity index is 681. The lowest BCUT2D eigenvalue weighted by Gasteiger charge is -2.24. The fraction of sp³-hybridized carbons (Fsp3) is 0.350. The molecule has 0 aliphatic heterocycles. The zero-order chi connectivity index (χ0) is 17.0. The van der Waals surface area contributed by atoms with Crippen molar-refractivity contribution in [2.24, 2.45) is 0 Å². The van der Waals surface area contributed by atoms with E-state index in [1.54, 1.807) is 4.90 Å². The predicted octanol–water partition coefficient (Wildman–Crippen LogP) is 4.09. The van der Waals surface area contributed by atoms with Gasteiger partial charge in [-0.05, 0) is 43.0 Å². The van der Waals surface area contributed by atoms with Crippen molar-refractivity contribution in [1.82, 2.24) is 10.2 Å². The monoisotopic (exact) mass is 326 g/mol. The summed E-state index contributed by atoms with van der Waals surface area (Å²) in [6, 6.07) is 16.6. The second-order valence-electron chi connectivity index (χ2n) is 6.45. The van der Waals surface area contributed by atoms with Crippen LogP contribution in [0.1, 0.15) is 30.9 Å². The van der Waals surface area contributed by atoms with Gasteiger partial charge in [-0.15, -0.1) is 0 Å². The highest BCUT2D eigenvalue weighted by Crippen LogP contribution is 2.47. The largest absolute Gasteiger partial charge is 0.337 e. The number of rotatable bonds is 6. The molecule has 0 saturated heterocycles. The summed E-state index contributed by atoms with van der Waals surface area (Å²) in [6.07, 6.45) is 2.06. The first-order chi connectivity index (χ1) is 11.6. The van der Waals surface area contributed by atoms with Gasteiger partial charge in [-0.3, -0.25) is 0 Å². The van der Waals surface area contributed by atoms with E-state index < -0.39 is 0 Å². The number of urea groups is 1. The quantitative estimate of drug-likeness (QED) is 0.852. The van der Waals surface area contributed by atoms with Gasteiger partial charge in [0.2, 0.25) is 0 Å². The topological polar surface area (TPSA) is 32.3 Å². The number of benzene rings is 2. The van der Waals surface area contributed by atoms with Crippen LogP contribution in [0.4, 0.5) is 9.18 Å². The number of hydrogen-bond donors (Lipinski definition) is 1. The number of carbonyl (C=O) groups is 1. The third-order valence-corrected chi connectivity index (χ3v) is 4.77. The van der Waals surface area contributed by atoms with E-state index in [9.17, 15) is 9.18 Å². The number of hydrogen-bond acceptors (Lipinski definition) is 1. The molecule has 1 aliphatic carbocycles. The van der Waals surface area contributed by atoms with Gasteiger partial charge in [0, 0.05) is 25.0 Å². The summed E-state index contributed by atoms with van der Waals surface area (Å²) in [5.41, 5.74) is 2.21. The molecular weight excluding hydrogens is 303 g/mol. The highest BCUT2D eigenvalue weighted by atomic mass is 19.1. The summed E-state index contributed by atoms with van der Waals surface area (Å²) in [5.74, 6) is -0.224. The molecule has 0 radical (unpaired) electrons. The Morgan fingerprint density at radius 3 is 2.38 bits per heavy atom. The van der Waals surface area contributed by atoms with Gasteiger partial charge < -0.3 is 10.2 Å². The molecule has 0 atom stereocenters. The number of amides is 2. The highest BCUT2D eigenvalue weighted by Gasteiger charge is 2.44. The second-order valence-corrected chi connectivity index (χ2v) is 6.45. The van der Waals surface area contributed by atoms with E-state index in [-0.39, 0.29) is 17.3 Å². The van der Waals surface area contributed by atoms with Crippen LogP contribution in [-0.4, -0.2) is 24.0 Å². The van der Waals surface area contributed by atoms with E-state index in [0.717, 1.165) is 24.0 Å². The number of halogens is 1. The molecule has 0 heterocycles. The normalized spacial score (nSPS) is 14.9. The van der Waals surface area contributed by atoms with Gasteiger partial charge in [0.1, 0.15) is 5.82 Å². The molecule has 1 N–H and O–H groups in total. The van der Waals surface area contributed by atoms with Crippen LogP contribution < -0.4 is 5.32 Å².